The van der Waals surface area contributed by atoms with E-state index in [-0.39, 0.29) is 12.2 Å². The number of primary amides is 1. The fourth-order valence-electron chi connectivity index (χ4n) is 1.15. The van der Waals surface area contributed by atoms with Crippen LogP contribution in [0.2, 0.25) is 0 Å². The van der Waals surface area contributed by atoms with Crippen molar-refractivity contribution in [1.82, 2.24) is 9.55 Å². The molecule has 6 heteroatoms. The number of hydrogen-bond acceptors (Lipinski definition) is 4. The number of hydrogen-bond donors (Lipinski definition) is 1. The highest BCUT2D eigenvalue weighted by Gasteiger charge is 2.12. The smallest absolute Gasteiger partial charge is 0.374 e. The van der Waals surface area contributed by atoms with Gasteiger partial charge in [-0.1, -0.05) is 6.08 Å². The minimum atomic E-state index is -0.503. The standard InChI is InChI=1S/C10H13N3O3/c1-13-6-7(4-3-5-8(11)14)12-9(13)10(15)16-2/h3-4,6H,5H2,1-2H3,(H2,11,14). The highest BCUT2D eigenvalue weighted by Crippen LogP contribution is 2.05. The van der Waals surface area contributed by atoms with Crippen LogP contribution in [0.4, 0.5) is 0 Å². The van der Waals surface area contributed by atoms with Crippen molar-refractivity contribution in [1.29, 1.82) is 0 Å². The van der Waals surface area contributed by atoms with Gasteiger partial charge >= 0.3 is 5.97 Å². The second-order valence-electron chi connectivity index (χ2n) is 3.16. The first kappa shape index (κ1) is 12.0. The summed E-state index contributed by atoms with van der Waals surface area (Å²) in [4.78, 5) is 25.7. The molecule has 0 aliphatic carbocycles. The molecule has 0 bridgehead atoms. The number of ether oxygens (including phenoxy) is 1. The molecule has 0 atom stereocenters. The number of rotatable bonds is 4. The van der Waals surface area contributed by atoms with Crippen molar-refractivity contribution in [2.75, 3.05) is 7.11 Å². The number of esters is 1. The first-order chi connectivity index (χ1) is 7.54. The van der Waals surface area contributed by atoms with E-state index in [1.165, 1.54) is 7.11 Å². The Morgan fingerprint density at radius 2 is 2.31 bits per heavy atom. The lowest BCUT2D eigenvalue weighted by molar-refractivity contribution is -0.117. The summed E-state index contributed by atoms with van der Waals surface area (Å²) in [5.41, 5.74) is 5.54. The maximum absolute atomic E-state index is 11.2. The van der Waals surface area contributed by atoms with Gasteiger partial charge in [0.15, 0.2) is 0 Å². The molecule has 0 radical (unpaired) electrons. The lowest BCUT2D eigenvalue weighted by Gasteiger charge is -1.96. The van der Waals surface area contributed by atoms with Crippen molar-refractivity contribution in [3.63, 3.8) is 0 Å². The molecule has 0 aliphatic rings. The Morgan fingerprint density at radius 3 is 2.88 bits per heavy atom. The van der Waals surface area contributed by atoms with Crippen LogP contribution in [-0.2, 0) is 16.6 Å². The average molecular weight is 223 g/mol. The highest BCUT2D eigenvalue weighted by atomic mass is 16.5. The van der Waals surface area contributed by atoms with Gasteiger partial charge in [-0.3, -0.25) is 4.79 Å². The van der Waals surface area contributed by atoms with Crippen LogP contribution < -0.4 is 5.73 Å². The summed E-state index contributed by atoms with van der Waals surface area (Å²) in [6.07, 6.45) is 5.01. The number of aromatic nitrogens is 2. The molecule has 16 heavy (non-hydrogen) atoms. The van der Waals surface area contributed by atoms with E-state index in [2.05, 4.69) is 9.72 Å². The zero-order valence-corrected chi connectivity index (χ0v) is 9.14. The Balaban J connectivity index is 2.80. The monoisotopic (exact) mass is 223 g/mol. The van der Waals surface area contributed by atoms with Crippen LogP contribution in [0.25, 0.3) is 6.08 Å². The van der Waals surface area contributed by atoms with E-state index in [0.717, 1.165) is 0 Å². The Kier molecular flexibility index (Phi) is 3.82. The number of nitrogens with zero attached hydrogens (tertiary/aromatic N) is 2. The predicted octanol–water partition coefficient (Wildman–Crippen LogP) is 0.0953. The van der Waals surface area contributed by atoms with Crippen molar-refractivity contribution in [2.24, 2.45) is 12.8 Å². The lowest BCUT2D eigenvalue weighted by atomic mass is 10.3. The third kappa shape index (κ3) is 2.94. The van der Waals surface area contributed by atoms with Crippen LogP contribution >= 0.6 is 0 Å². The van der Waals surface area contributed by atoms with Gasteiger partial charge in [0, 0.05) is 19.7 Å². The SMILES string of the molecule is COC(=O)c1nc(C=CCC(N)=O)cn1C. The summed E-state index contributed by atoms with van der Waals surface area (Å²) in [6.45, 7) is 0. The van der Waals surface area contributed by atoms with Crippen LogP contribution in [0.5, 0.6) is 0 Å². The normalized spacial score (nSPS) is 10.6. The third-order valence-corrected chi connectivity index (χ3v) is 1.87. The summed E-state index contributed by atoms with van der Waals surface area (Å²) in [5.74, 6) is -0.710. The Hall–Kier alpha value is -2.11. The molecule has 86 valence electrons. The van der Waals surface area contributed by atoms with Gasteiger partial charge in [0.05, 0.1) is 12.8 Å². The summed E-state index contributed by atoms with van der Waals surface area (Å²) >= 11 is 0. The molecule has 1 amide bonds. The molecule has 1 heterocycles. The molecular formula is C10H13N3O3. The molecule has 1 aromatic heterocycles. The van der Waals surface area contributed by atoms with Gasteiger partial charge in [-0.15, -0.1) is 0 Å². The summed E-state index contributed by atoms with van der Waals surface area (Å²) in [5, 5.41) is 0. The lowest BCUT2D eigenvalue weighted by Crippen LogP contribution is -2.08. The van der Waals surface area contributed by atoms with E-state index in [1.54, 1.807) is 30.0 Å². The van der Waals surface area contributed by atoms with Crippen LogP contribution in [0, 0.1) is 0 Å². The fourth-order valence-corrected chi connectivity index (χ4v) is 1.15. The minimum Gasteiger partial charge on any atom is -0.463 e. The van der Waals surface area contributed by atoms with E-state index in [0.29, 0.717) is 5.69 Å². The van der Waals surface area contributed by atoms with E-state index < -0.39 is 11.9 Å². The van der Waals surface area contributed by atoms with Gasteiger partial charge in [0.1, 0.15) is 0 Å². The van der Waals surface area contributed by atoms with Crippen LogP contribution in [0.15, 0.2) is 12.3 Å². The largest absolute Gasteiger partial charge is 0.463 e. The zero-order valence-electron chi connectivity index (χ0n) is 9.14. The van der Waals surface area contributed by atoms with Crippen LogP contribution in [0.3, 0.4) is 0 Å². The summed E-state index contributed by atoms with van der Waals surface area (Å²) < 4.78 is 6.10. The van der Waals surface area contributed by atoms with Gasteiger partial charge in [0.25, 0.3) is 0 Å². The van der Waals surface area contributed by atoms with Crippen LogP contribution in [0.1, 0.15) is 22.7 Å². The number of carbonyl (C=O) groups is 2. The number of carbonyl (C=O) groups excluding carboxylic acids is 2. The van der Waals surface area contributed by atoms with Crippen molar-refractivity contribution in [2.45, 2.75) is 6.42 Å². The van der Waals surface area contributed by atoms with Crippen molar-refractivity contribution >= 4 is 18.0 Å². The minimum absolute atomic E-state index is 0.143. The van der Waals surface area contributed by atoms with Crippen molar-refractivity contribution in [3.8, 4) is 0 Å². The molecule has 6 nitrogen and oxygen atoms in total. The maximum atomic E-state index is 11.2. The van der Waals surface area contributed by atoms with Gasteiger partial charge < -0.3 is 15.0 Å². The molecule has 0 saturated heterocycles. The third-order valence-electron chi connectivity index (χ3n) is 1.87. The number of methoxy groups -OCH3 is 1. The second kappa shape index (κ2) is 5.11. The molecule has 0 saturated carbocycles. The first-order valence-corrected chi connectivity index (χ1v) is 4.61. The van der Waals surface area contributed by atoms with Gasteiger partial charge in [-0.05, 0) is 6.08 Å². The van der Waals surface area contributed by atoms with E-state index in [1.807, 2.05) is 0 Å². The van der Waals surface area contributed by atoms with Gasteiger partial charge in [-0.2, -0.15) is 0 Å². The molecule has 0 spiro atoms. The summed E-state index contributed by atoms with van der Waals surface area (Å²) in [7, 11) is 2.98. The Bertz CT molecular complexity index is 435. The van der Waals surface area contributed by atoms with E-state index in [9.17, 15) is 9.59 Å². The van der Waals surface area contributed by atoms with Crippen molar-refractivity contribution in [3.05, 3.63) is 23.8 Å². The quantitative estimate of drug-likeness (QED) is 0.733. The van der Waals surface area contributed by atoms with Crippen molar-refractivity contribution < 1.29 is 14.3 Å². The number of imidazole rings is 1. The summed E-state index contributed by atoms with van der Waals surface area (Å²) in [6, 6.07) is 0. The Morgan fingerprint density at radius 1 is 1.62 bits per heavy atom. The van der Waals surface area contributed by atoms with Gasteiger partial charge in [0.2, 0.25) is 11.7 Å². The molecule has 0 aromatic carbocycles. The number of aryl methyl sites for hydroxylation is 1. The molecule has 0 fully saturated rings. The topological polar surface area (TPSA) is 87.2 Å². The highest BCUT2D eigenvalue weighted by molar-refractivity contribution is 5.85. The first-order valence-electron chi connectivity index (χ1n) is 4.61. The molecule has 2 N–H and O–H groups in total. The molecule has 0 unspecified atom stereocenters. The van der Waals surface area contributed by atoms with E-state index >= 15 is 0 Å². The Labute approximate surface area is 92.7 Å². The predicted molar refractivity (Wildman–Crippen MR) is 57.4 cm³/mol. The molecule has 1 rings (SSSR count). The van der Waals surface area contributed by atoms with Gasteiger partial charge in [-0.25, -0.2) is 9.78 Å². The molecule has 0 aliphatic heterocycles. The van der Waals surface area contributed by atoms with Crippen LogP contribution in [-0.4, -0.2) is 28.5 Å². The molecular weight excluding hydrogens is 210 g/mol. The van der Waals surface area contributed by atoms with E-state index in [4.69, 9.17) is 5.73 Å². The fraction of sp³-hybridized carbons (Fsp3) is 0.300. The maximum Gasteiger partial charge on any atom is 0.374 e. The molecule has 1 aromatic rings. The average Bonchev–Trinajstić information content (AvgIpc) is 2.58. The number of amides is 1. The second-order valence-corrected chi connectivity index (χ2v) is 3.16. The number of nitrogens with two attached hydrogens (primary N) is 1. The zero-order chi connectivity index (χ0) is 12.1.